The highest BCUT2D eigenvalue weighted by molar-refractivity contribution is 5.89. The van der Waals surface area contributed by atoms with Crippen molar-refractivity contribution in [2.45, 2.75) is 44.6 Å². The molecule has 1 unspecified atom stereocenters. The molecule has 4 rings (SSSR count). The highest BCUT2D eigenvalue weighted by Crippen LogP contribution is 2.29. The Balaban J connectivity index is 1.30. The number of carbonyl (C=O) groups excluding carboxylic acids is 2. The summed E-state index contributed by atoms with van der Waals surface area (Å²) >= 11 is 0. The van der Waals surface area contributed by atoms with Crippen LogP contribution in [0.5, 0.6) is 0 Å². The van der Waals surface area contributed by atoms with Crippen molar-refractivity contribution in [2.75, 3.05) is 13.1 Å². The number of carbonyl (C=O) groups is 2. The van der Waals surface area contributed by atoms with Crippen molar-refractivity contribution in [3.63, 3.8) is 0 Å². The molecule has 2 amide bonds. The fourth-order valence-electron chi connectivity index (χ4n) is 4.28. The van der Waals surface area contributed by atoms with Crippen LogP contribution in [0.4, 0.5) is 0 Å². The van der Waals surface area contributed by atoms with E-state index in [0.717, 1.165) is 24.8 Å². The predicted octanol–water partition coefficient (Wildman–Crippen LogP) is 2.62. The quantitative estimate of drug-likeness (QED) is 0.879. The third-order valence-electron chi connectivity index (χ3n) is 5.66. The number of nitrogens with zero attached hydrogens (tertiary/aromatic N) is 1. The number of likely N-dealkylation sites (tertiary alicyclic amines) is 1. The summed E-state index contributed by atoms with van der Waals surface area (Å²) in [5.41, 5.74) is 2.34. The second kappa shape index (κ2) is 6.90. The van der Waals surface area contributed by atoms with Gasteiger partial charge in [-0.3, -0.25) is 9.59 Å². The molecule has 1 atom stereocenters. The lowest BCUT2D eigenvalue weighted by Crippen LogP contribution is -2.37. The zero-order chi connectivity index (χ0) is 17.2. The van der Waals surface area contributed by atoms with Gasteiger partial charge in [-0.05, 0) is 30.9 Å². The van der Waals surface area contributed by atoms with Crippen LogP contribution in [-0.4, -0.2) is 40.8 Å². The summed E-state index contributed by atoms with van der Waals surface area (Å²) in [6.45, 7) is 1.21. The van der Waals surface area contributed by atoms with Crippen LogP contribution < -0.4 is 5.32 Å². The maximum atomic E-state index is 12.4. The molecule has 1 aromatic heterocycles. The molecule has 2 aliphatic rings. The summed E-state index contributed by atoms with van der Waals surface area (Å²) in [7, 11) is 0. The van der Waals surface area contributed by atoms with Gasteiger partial charge in [-0.15, -0.1) is 0 Å². The van der Waals surface area contributed by atoms with Crippen molar-refractivity contribution in [3.05, 3.63) is 36.0 Å². The minimum atomic E-state index is -0.184. The van der Waals surface area contributed by atoms with Gasteiger partial charge in [-0.2, -0.15) is 0 Å². The van der Waals surface area contributed by atoms with Gasteiger partial charge in [0.1, 0.15) is 0 Å². The average Bonchev–Trinajstić information content (AvgIpc) is 3.34. The van der Waals surface area contributed by atoms with Gasteiger partial charge >= 0.3 is 0 Å². The standard InChI is InChI=1S/C20H25N3O2/c24-19-11-15(13-23(19)16-5-1-2-6-16)20(25)21-10-9-14-12-22-18-8-4-3-7-17(14)18/h3-4,7-8,12,15-16,22H,1-2,5-6,9-11,13H2,(H,21,25). The smallest absolute Gasteiger partial charge is 0.225 e. The molecule has 5 heteroatoms. The fraction of sp³-hybridized carbons (Fsp3) is 0.500. The number of aromatic amines is 1. The van der Waals surface area contributed by atoms with E-state index in [4.69, 9.17) is 0 Å². The van der Waals surface area contributed by atoms with Gasteiger partial charge in [0.05, 0.1) is 5.92 Å². The fourth-order valence-corrected chi connectivity index (χ4v) is 4.28. The van der Waals surface area contributed by atoms with Crippen LogP contribution in [-0.2, 0) is 16.0 Å². The average molecular weight is 339 g/mol. The van der Waals surface area contributed by atoms with Crippen LogP contribution in [0.25, 0.3) is 10.9 Å². The summed E-state index contributed by atoms with van der Waals surface area (Å²) in [4.78, 5) is 29.9. The molecule has 2 N–H and O–H groups in total. The van der Waals surface area contributed by atoms with Gasteiger partial charge in [0.15, 0.2) is 0 Å². The molecule has 2 heterocycles. The number of benzene rings is 1. The maximum absolute atomic E-state index is 12.4. The van der Waals surface area contributed by atoms with Crippen LogP contribution in [0, 0.1) is 5.92 Å². The summed E-state index contributed by atoms with van der Waals surface area (Å²) in [5.74, 6) is -0.00608. The van der Waals surface area contributed by atoms with Crippen molar-refractivity contribution >= 4 is 22.7 Å². The van der Waals surface area contributed by atoms with E-state index in [9.17, 15) is 9.59 Å². The first-order chi connectivity index (χ1) is 12.2. The molecule has 1 aliphatic carbocycles. The van der Waals surface area contributed by atoms with Crippen molar-refractivity contribution < 1.29 is 9.59 Å². The Morgan fingerprint density at radius 2 is 2.04 bits per heavy atom. The summed E-state index contributed by atoms with van der Waals surface area (Å²) in [6, 6.07) is 8.56. The van der Waals surface area contributed by atoms with Crippen LogP contribution in [0.1, 0.15) is 37.7 Å². The highest BCUT2D eigenvalue weighted by atomic mass is 16.2. The second-order valence-electron chi connectivity index (χ2n) is 7.29. The molecule has 0 bridgehead atoms. The molecule has 2 aromatic rings. The Morgan fingerprint density at radius 3 is 2.88 bits per heavy atom. The van der Waals surface area contributed by atoms with Crippen LogP contribution in [0.2, 0.25) is 0 Å². The van der Waals surface area contributed by atoms with E-state index < -0.39 is 0 Å². The molecule has 2 fully saturated rings. The van der Waals surface area contributed by atoms with Gasteiger partial charge in [0.25, 0.3) is 0 Å². The Bertz CT molecular complexity index is 776. The summed E-state index contributed by atoms with van der Waals surface area (Å²) < 4.78 is 0. The summed E-state index contributed by atoms with van der Waals surface area (Å²) in [5, 5.41) is 4.24. The predicted molar refractivity (Wildman–Crippen MR) is 97.1 cm³/mol. The number of aromatic nitrogens is 1. The van der Waals surface area contributed by atoms with E-state index in [1.807, 2.05) is 23.2 Å². The number of para-hydroxylation sites is 1. The molecule has 0 radical (unpaired) electrons. The minimum absolute atomic E-state index is 0.0219. The molecule has 1 saturated carbocycles. The van der Waals surface area contributed by atoms with Gasteiger partial charge in [-0.25, -0.2) is 0 Å². The van der Waals surface area contributed by atoms with Crippen LogP contribution >= 0.6 is 0 Å². The Labute approximate surface area is 147 Å². The first-order valence-corrected chi connectivity index (χ1v) is 9.34. The molecular formula is C20H25N3O2. The first-order valence-electron chi connectivity index (χ1n) is 9.34. The van der Waals surface area contributed by atoms with E-state index >= 15 is 0 Å². The monoisotopic (exact) mass is 339 g/mol. The topological polar surface area (TPSA) is 65.2 Å². The van der Waals surface area contributed by atoms with Crippen molar-refractivity contribution in [1.82, 2.24) is 15.2 Å². The molecule has 1 aliphatic heterocycles. The zero-order valence-electron chi connectivity index (χ0n) is 14.5. The number of hydrogen-bond donors (Lipinski definition) is 2. The Kier molecular flexibility index (Phi) is 4.47. The number of rotatable bonds is 5. The van der Waals surface area contributed by atoms with Crippen molar-refractivity contribution in [3.8, 4) is 0 Å². The van der Waals surface area contributed by atoms with Gasteiger partial charge in [-0.1, -0.05) is 31.0 Å². The first kappa shape index (κ1) is 16.2. The Hall–Kier alpha value is -2.30. The van der Waals surface area contributed by atoms with Gasteiger partial charge < -0.3 is 15.2 Å². The normalized spacial score (nSPS) is 21.4. The van der Waals surface area contributed by atoms with Gasteiger partial charge in [0.2, 0.25) is 11.8 Å². The molecule has 5 nitrogen and oxygen atoms in total. The third kappa shape index (κ3) is 3.28. The number of nitrogens with one attached hydrogen (secondary N) is 2. The van der Waals surface area contributed by atoms with E-state index in [2.05, 4.69) is 22.4 Å². The molecule has 132 valence electrons. The lowest BCUT2D eigenvalue weighted by molar-refractivity contribution is -0.130. The second-order valence-corrected chi connectivity index (χ2v) is 7.29. The molecule has 25 heavy (non-hydrogen) atoms. The van der Waals surface area contributed by atoms with Crippen LogP contribution in [0.15, 0.2) is 30.5 Å². The number of H-pyrrole nitrogens is 1. The lowest BCUT2D eigenvalue weighted by atomic mass is 10.1. The van der Waals surface area contributed by atoms with Gasteiger partial charge in [0, 0.05) is 42.7 Å². The van der Waals surface area contributed by atoms with Crippen molar-refractivity contribution in [1.29, 1.82) is 0 Å². The Morgan fingerprint density at radius 1 is 1.24 bits per heavy atom. The molecule has 0 spiro atoms. The van der Waals surface area contributed by atoms with E-state index in [1.165, 1.54) is 23.8 Å². The van der Waals surface area contributed by atoms with Crippen LogP contribution in [0.3, 0.4) is 0 Å². The van der Waals surface area contributed by atoms with E-state index in [1.54, 1.807) is 0 Å². The largest absolute Gasteiger partial charge is 0.361 e. The number of amides is 2. The van der Waals surface area contributed by atoms with Crippen molar-refractivity contribution in [2.24, 2.45) is 5.92 Å². The number of hydrogen-bond acceptors (Lipinski definition) is 2. The zero-order valence-corrected chi connectivity index (χ0v) is 14.5. The minimum Gasteiger partial charge on any atom is -0.361 e. The maximum Gasteiger partial charge on any atom is 0.225 e. The van der Waals surface area contributed by atoms with E-state index in [-0.39, 0.29) is 17.7 Å². The SMILES string of the molecule is O=C(NCCc1c[nH]c2ccccc12)C1CC(=O)N(C2CCCC2)C1. The molecule has 1 aromatic carbocycles. The summed E-state index contributed by atoms with van der Waals surface area (Å²) in [6.07, 6.45) is 7.78. The van der Waals surface area contributed by atoms with E-state index in [0.29, 0.717) is 25.6 Å². The third-order valence-corrected chi connectivity index (χ3v) is 5.66. The highest BCUT2D eigenvalue weighted by Gasteiger charge is 2.38. The number of fused-ring (bicyclic) bond motifs is 1. The molecular weight excluding hydrogens is 314 g/mol. The lowest BCUT2D eigenvalue weighted by Gasteiger charge is -2.23. The molecule has 1 saturated heterocycles.